The van der Waals surface area contributed by atoms with E-state index >= 15 is 0 Å². The fraction of sp³-hybridized carbons (Fsp3) is 0.667. The number of allylic oxidation sites excluding steroid dienone is 14. The van der Waals surface area contributed by atoms with Crippen LogP contribution in [0.3, 0.4) is 0 Å². The molecule has 9 nitrogen and oxygen atoms in total. The van der Waals surface area contributed by atoms with Crippen molar-refractivity contribution in [2.24, 2.45) is 0 Å². The van der Waals surface area contributed by atoms with E-state index in [2.05, 4.69) is 98.9 Å². The number of carbonyl (C=O) groups is 2. The zero-order chi connectivity index (χ0) is 42.8. The Labute approximate surface area is 354 Å². The molecule has 0 saturated carbocycles. The Kier molecular flexibility index (Phi) is 37.7. The zero-order valence-corrected chi connectivity index (χ0v) is 38.1. The first-order valence-corrected chi connectivity index (χ1v) is 23.8. The predicted octanol–water partition coefficient (Wildman–Crippen LogP) is 12.8. The molecule has 0 aromatic rings. The summed E-state index contributed by atoms with van der Waals surface area (Å²) in [6.45, 7) is 4.17. The van der Waals surface area contributed by atoms with Gasteiger partial charge in [-0.1, -0.05) is 157 Å². The maximum Gasteiger partial charge on any atom is 0.472 e. The van der Waals surface area contributed by atoms with Crippen molar-refractivity contribution in [1.29, 1.82) is 0 Å². The van der Waals surface area contributed by atoms with Gasteiger partial charge in [0.1, 0.15) is 19.8 Å². The van der Waals surface area contributed by atoms with Gasteiger partial charge < -0.3 is 18.9 Å². The summed E-state index contributed by atoms with van der Waals surface area (Å²) in [5.74, 6) is -0.834. The second kappa shape index (κ2) is 39.6. The monoisotopic (exact) mass is 833 g/mol. The molecule has 2 atom stereocenters. The van der Waals surface area contributed by atoms with Gasteiger partial charge in [0.05, 0.1) is 27.7 Å². The first-order chi connectivity index (χ1) is 28.0. The minimum Gasteiger partial charge on any atom is -0.462 e. The fourth-order valence-electron chi connectivity index (χ4n) is 5.46. The van der Waals surface area contributed by atoms with Crippen LogP contribution in [-0.4, -0.2) is 74.9 Å². The van der Waals surface area contributed by atoms with E-state index in [9.17, 15) is 19.0 Å². The van der Waals surface area contributed by atoms with Crippen LogP contribution in [-0.2, 0) is 32.7 Å². The van der Waals surface area contributed by atoms with E-state index in [4.69, 9.17) is 18.5 Å². The number of phosphoric acid groups is 1. The summed E-state index contributed by atoms with van der Waals surface area (Å²) in [7, 11) is 1.45. The summed E-state index contributed by atoms with van der Waals surface area (Å²) in [5, 5.41) is 0. The Bertz CT molecular complexity index is 1260. The normalized spacial score (nSPS) is 14.4. The van der Waals surface area contributed by atoms with Crippen LogP contribution in [0.1, 0.15) is 155 Å². The first-order valence-electron chi connectivity index (χ1n) is 22.3. The van der Waals surface area contributed by atoms with Crippen molar-refractivity contribution >= 4 is 19.8 Å². The van der Waals surface area contributed by atoms with Crippen LogP contribution in [0, 0.1) is 0 Å². The number of rotatable bonds is 39. The fourth-order valence-corrected chi connectivity index (χ4v) is 6.20. The highest BCUT2D eigenvalue weighted by Gasteiger charge is 2.27. The van der Waals surface area contributed by atoms with Gasteiger partial charge in [-0.15, -0.1) is 0 Å². The number of esters is 2. The molecule has 0 amide bonds. The van der Waals surface area contributed by atoms with Gasteiger partial charge in [-0.3, -0.25) is 18.6 Å². The van der Waals surface area contributed by atoms with Crippen molar-refractivity contribution in [2.75, 3.05) is 47.5 Å². The molecule has 58 heavy (non-hydrogen) atoms. The highest BCUT2D eigenvalue weighted by atomic mass is 31.2. The van der Waals surface area contributed by atoms with Crippen molar-refractivity contribution in [3.63, 3.8) is 0 Å². The number of hydrogen-bond acceptors (Lipinski definition) is 7. The molecule has 0 saturated heterocycles. The second-order valence-corrected chi connectivity index (χ2v) is 17.2. The Balaban J connectivity index is 4.13. The van der Waals surface area contributed by atoms with Gasteiger partial charge in [-0.05, 0) is 70.6 Å². The van der Waals surface area contributed by atoms with Crippen molar-refractivity contribution < 1.29 is 42.1 Å². The van der Waals surface area contributed by atoms with E-state index in [1.165, 1.54) is 19.3 Å². The van der Waals surface area contributed by atoms with Crippen LogP contribution >= 0.6 is 7.82 Å². The molecule has 0 aliphatic rings. The minimum atomic E-state index is -4.37. The third-order valence-electron chi connectivity index (χ3n) is 8.94. The highest BCUT2D eigenvalue weighted by Crippen LogP contribution is 2.43. The third-order valence-corrected chi connectivity index (χ3v) is 9.92. The van der Waals surface area contributed by atoms with Crippen LogP contribution in [0.5, 0.6) is 0 Å². The second-order valence-electron chi connectivity index (χ2n) is 15.7. The summed E-state index contributed by atoms with van der Waals surface area (Å²) in [4.78, 5) is 35.0. The summed E-state index contributed by atoms with van der Waals surface area (Å²) >= 11 is 0. The Morgan fingerprint density at radius 2 is 0.983 bits per heavy atom. The Hall–Kier alpha value is -2.81. The Morgan fingerprint density at radius 1 is 0.552 bits per heavy atom. The van der Waals surface area contributed by atoms with Gasteiger partial charge >= 0.3 is 19.8 Å². The number of phosphoric ester groups is 1. The SMILES string of the molecule is CC/C=C\C/C=C\C/C=C\C/C=C\C/C=C\C/C=C\C/C=C\CCCCCCCCCC(=O)OC(COC(=O)CCCCCCC)COP(=O)(O)OCC[N+](C)(C)C. The molecule has 0 aromatic heterocycles. The number of nitrogens with zero attached hydrogens (tertiary/aromatic N) is 1. The van der Waals surface area contributed by atoms with Gasteiger partial charge in [0, 0.05) is 12.8 Å². The quantitative estimate of drug-likeness (QED) is 0.0214. The average Bonchev–Trinajstić information content (AvgIpc) is 3.17. The van der Waals surface area contributed by atoms with Gasteiger partial charge in [0.2, 0.25) is 0 Å². The lowest BCUT2D eigenvalue weighted by molar-refractivity contribution is -0.870. The average molecular weight is 833 g/mol. The number of carbonyl (C=O) groups excluding carboxylic acids is 2. The predicted molar refractivity (Wildman–Crippen MR) is 242 cm³/mol. The summed E-state index contributed by atoms with van der Waals surface area (Å²) in [6.07, 6.45) is 51.1. The Morgan fingerprint density at radius 3 is 1.47 bits per heavy atom. The van der Waals surface area contributed by atoms with Gasteiger partial charge in [0.25, 0.3) is 0 Å². The van der Waals surface area contributed by atoms with Crippen molar-refractivity contribution in [3.05, 3.63) is 85.1 Å². The maximum atomic E-state index is 12.6. The van der Waals surface area contributed by atoms with E-state index < -0.39 is 26.5 Å². The molecule has 1 N–H and O–H groups in total. The first kappa shape index (κ1) is 55.2. The maximum absolute atomic E-state index is 12.6. The summed E-state index contributed by atoms with van der Waals surface area (Å²) in [6, 6.07) is 0. The van der Waals surface area contributed by atoms with Crippen LogP contribution in [0.15, 0.2) is 85.1 Å². The smallest absolute Gasteiger partial charge is 0.462 e. The number of ether oxygens (including phenoxy) is 2. The lowest BCUT2D eigenvalue weighted by atomic mass is 10.1. The molecule has 2 unspecified atom stereocenters. The topological polar surface area (TPSA) is 108 Å². The largest absolute Gasteiger partial charge is 0.472 e. The van der Waals surface area contributed by atoms with Gasteiger partial charge in [0.15, 0.2) is 6.10 Å². The van der Waals surface area contributed by atoms with Crippen LogP contribution in [0.4, 0.5) is 0 Å². The van der Waals surface area contributed by atoms with Crippen molar-refractivity contribution in [1.82, 2.24) is 0 Å². The molecule has 0 aliphatic heterocycles. The van der Waals surface area contributed by atoms with Gasteiger partial charge in [-0.25, -0.2) is 4.57 Å². The molecule has 0 bridgehead atoms. The van der Waals surface area contributed by atoms with E-state index in [0.29, 0.717) is 17.4 Å². The van der Waals surface area contributed by atoms with E-state index in [0.717, 1.165) is 103 Å². The molecular weight excluding hydrogens is 750 g/mol. The molecule has 0 heterocycles. The number of hydrogen-bond donors (Lipinski definition) is 1. The van der Waals surface area contributed by atoms with E-state index in [-0.39, 0.29) is 32.0 Å². The number of likely N-dealkylation sites (N-methyl/N-ethyl adjacent to an activating group) is 1. The van der Waals surface area contributed by atoms with E-state index in [1.807, 2.05) is 21.1 Å². The molecule has 0 fully saturated rings. The molecule has 0 spiro atoms. The van der Waals surface area contributed by atoms with E-state index in [1.54, 1.807) is 0 Å². The number of quaternary nitrogens is 1. The lowest BCUT2D eigenvalue weighted by Crippen LogP contribution is -2.37. The summed E-state index contributed by atoms with van der Waals surface area (Å²) < 4.78 is 34.0. The summed E-state index contributed by atoms with van der Waals surface area (Å²) in [5.41, 5.74) is 0. The van der Waals surface area contributed by atoms with Crippen LogP contribution in [0.2, 0.25) is 0 Å². The van der Waals surface area contributed by atoms with Crippen LogP contribution < -0.4 is 0 Å². The number of unbranched alkanes of at least 4 members (excludes halogenated alkanes) is 11. The third kappa shape index (κ3) is 42.8. The molecule has 0 rings (SSSR count). The minimum absolute atomic E-state index is 0.0253. The molecule has 10 heteroatoms. The molecule has 0 aliphatic carbocycles. The zero-order valence-electron chi connectivity index (χ0n) is 37.2. The van der Waals surface area contributed by atoms with Crippen molar-refractivity contribution in [2.45, 2.75) is 161 Å². The lowest BCUT2D eigenvalue weighted by Gasteiger charge is -2.24. The highest BCUT2D eigenvalue weighted by molar-refractivity contribution is 7.47. The van der Waals surface area contributed by atoms with Gasteiger partial charge in [-0.2, -0.15) is 0 Å². The molecular formula is C48H83NO8P+. The van der Waals surface area contributed by atoms with Crippen LogP contribution in [0.25, 0.3) is 0 Å². The van der Waals surface area contributed by atoms with Crippen molar-refractivity contribution in [3.8, 4) is 0 Å². The molecule has 0 radical (unpaired) electrons. The molecule has 0 aromatic carbocycles. The molecule has 332 valence electrons. The standard InChI is InChI=1S/C48H82NO8P/c1-6-8-10-12-13-14-15-16-17-18-19-20-21-22-23-24-25-26-27-28-29-30-31-32-33-34-35-37-39-41-48(51)57-46(44-54-47(50)40-38-36-11-9-7-2)45-56-58(52,53)55-43-42-49(3,4)5/h8,10,13-14,16-17,19-20,22-23,25-26,28-29,46H,6-7,9,11-12,15,18,21,24,27,30-45H2,1-5H3/p+1/b10-8-,14-13-,17-16-,20-19-,23-22-,26-25-,29-28-.